The number of rotatable bonds is 7. The van der Waals surface area contributed by atoms with E-state index >= 15 is 0 Å². The van der Waals surface area contributed by atoms with E-state index in [0.717, 1.165) is 12.0 Å². The van der Waals surface area contributed by atoms with E-state index in [9.17, 15) is 8.42 Å². The molecule has 0 aromatic heterocycles. The van der Waals surface area contributed by atoms with Gasteiger partial charge in [0.1, 0.15) is 0 Å². The molecule has 0 aliphatic rings. The molecule has 0 bridgehead atoms. The number of halogens is 1. The number of sulfonamides is 1. The molecule has 0 saturated heterocycles. The first-order valence-electron chi connectivity index (χ1n) is 7.03. The van der Waals surface area contributed by atoms with Crippen molar-refractivity contribution in [3.8, 4) is 0 Å². The Balaban J connectivity index is 2.99. The van der Waals surface area contributed by atoms with Gasteiger partial charge < -0.3 is 0 Å². The third-order valence-corrected chi connectivity index (χ3v) is 5.08. The fourth-order valence-corrected chi connectivity index (χ4v) is 3.94. The van der Waals surface area contributed by atoms with Gasteiger partial charge in [-0.1, -0.05) is 32.9 Å². The van der Waals surface area contributed by atoms with Crippen LogP contribution in [-0.2, 0) is 10.0 Å². The van der Waals surface area contributed by atoms with Crippen molar-refractivity contribution in [1.29, 1.82) is 0 Å². The average molecular weight is 318 g/mol. The Bertz CT molecular complexity index is 501. The highest BCUT2D eigenvalue weighted by atomic mass is 35.5. The maximum Gasteiger partial charge on any atom is 0.240 e. The summed E-state index contributed by atoms with van der Waals surface area (Å²) in [6.07, 6.45) is 0.774. The van der Waals surface area contributed by atoms with Crippen molar-refractivity contribution in [2.24, 2.45) is 5.92 Å². The minimum absolute atomic E-state index is 0.00988. The SMILES string of the molecule is CCCNS(=O)(=O)c1ccc(C(C(C)C)C(C)Cl)cc1. The topological polar surface area (TPSA) is 46.2 Å². The van der Waals surface area contributed by atoms with Gasteiger partial charge in [0.15, 0.2) is 0 Å². The second-order valence-electron chi connectivity index (χ2n) is 5.41. The maximum atomic E-state index is 12.0. The normalized spacial score (nSPS) is 15.3. The molecular formula is C15H24ClNO2S. The van der Waals surface area contributed by atoms with Crippen LogP contribution in [0.5, 0.6) is 0 Å². The number of benzene rings is 1. The van der Waals surface area contributed by atoms with Crippen molar-refractivity contribution < 1.29 is 8.42 Å². The van der Waals surface area contributed by atoms with Crippen LogP contribution in [0.1, 0.15) is 45.6 Å². The third kappa shape index (κ3) is 4.47. The summed E-state index contributed by atoms with van der Waals surface area (Å²) in [5.74, 6) is 0.625. The maximum absolute atomic E-state index is 12.0. The number of alkyl halides is 1. The predicted molar refractivity (Wildman–Crippen MR) is 84.8 cm³/mol. The van der Waals surface area contributed by atoms with Gasteiger partial charge in [0.2, 0.25) is 10.0 Å². The van der Waals surface area contributed by atoms with Gasteiger partial charge in [0.25, 0.3) is 0 Å². The quantitative estimate of drug-likeness (QED) is 0.779. The lowest BCUT2D eigenvalue weighted by Gasteiger charge is -2.24. The van der Waals surface area contributed by atoms with Crippen LogP contribution in [0.15, 0.2) is 29.2 Å². The van der Waals surface area contributed by atoms with Crippen molar-refractivity contribution in [2.45, 2.75) is 50.3 Å². The lowest BCUT2D eigenvalue weighted by atomic mass is 9.86. The van der Waals surface area contributed by atoms with Crippen LogP contribution in [0.3, 0.4) is 0 Å². The van der Waals surface area contributed by atoms with Crippen LogP contribution in [0.2, 0.25) is 0 Å². The first-order chi connectivity index (χ1) is 9.29. The zero-order valence-electron chi connectivity index (χ0n) is 12.6. The molecule has 114 valence electrons. The molecule has 2 atom stereocenters. The number of nitrogens with one attached hydrogen (secondary N) is 1. The van der Waals surface area contributed by atoms with Crippen LogP contribution in [0.25, 0.3) is 0 Å². The largest absolute Gasteiger partial charge is 0.240 e. The minimum Gasteiger partial charge on any atom is -0.211 e. The van der Waals surface area contributed by atoms with Crippen molar-refractivity contribution >= 4 is 21.6 Å². The summed E-state index contributed by atoms with van der Waals surface area (Å²) < 4.78 is 26.6. The molecule has 5 heteroatoms. The predicted octanol–water partition coefficient (Wildman–Crippen LogP) is 3.74. The van der Waals surface area contributed by atoms with E-state index in [0.29, 0.717) is 17.4 Å². The van der Waals surface area contributed by atoms with Gasteiger partial charge in [0, 0.05) is 17.8 Å². The Morgan fingerprint density at radius 3 is 2.10 bits per heavy atom. The molecule has 0 aliphatic carbocycles. The Labute approximate surface area is 127 Å². The van der Waals surface area contributed by atoms with Crippen LogP contribution in [0.4, 0.5) is 0 Å². The molecule has 1 aromatic rings. The zero-order valence-corrected chi connectivity index (χ0v) is 14.1. The highest BCUT2D eigenvalue weighted by molar-refractivity contribution is 7.89. The number of hydrogen-bond donors (Lipinski definition) is 1. The van der Waals surface area contributed by atoms with Crippen molar-refractivity contribution in [3.63, 3.8) is 0 Å². The highest BCUT2D eigenvalue weighted by Gasteiger charge is 2.22. The minimum atomic E-state index is -3.39. The summed E-state index contributed by atoms with van der Waals surface area (Å²) in [7, 11) is -3.39. The van der Waals surface area contributed by atoms with Gasteiger partial charge in [-0.3, -0.25) is 0 Å². The fourth-order valence-electron chi connectivity index (χ4n) is 2.37. The number of hydrogen-bond acceptors (Lipinski definition) is 2. The Kier molecular flexibility index (Phi) is 6.49. The molecule has 1 N–H and O–H groups in total. The first kappa shape index (κ1) is 17.5. The molecule has 0 fully saturated rings. The smallest absolute Gasteiger partial charge is 0.211 e. The van der Waals surface area contributed by atoms with E-state index in [2.05, 4.69) is 18.6 Å². The molecule has 0 saturated carbocycles. The van der Waals surface area contributed by atoms with Gasteiger partial charge in [-0.05, 0) is 37.0 Å². The summed E-state index contributed by atoms with van der Waals surface area (Å²) in [4.78, 5) is 0.305. The molecule has 0 heterocycles. The fraction of sp³-hybridized carbons (Fsp3) is 0.600. The van der Waals surface area contributed by atoms with E-state index in [1.54, 1.807) is 12.1 Å². The van der Waals surface area contributed by atoms with Crippen LogP contribution < -0.4 is 4.72 Å². The molecule has 0 aliphatic heterocycles. The van der Waals surface area contributed by atoms with E-state index in [1.807, 2.05) is 26.0 Å². The molecule has 0 radical (unpaired) electrons. The average Bonchev–Trinajstić information content (AvgIpc) is 2.36. The molecule has 0 spiro atoms. The zero-order chi connectivity index (χ0) is 15.3. The molecule has 0 amide bonds. The van der Waals surface area contributed by atoms with Crippen molar-refractivity contribution in [2.75, 3.05) is 6.54 Å². The Morgan fingerprint density at radius 1 is 1.15 bits per heavy atom. The van der Waals surface area contributed by atoms with Gasteiger partial charge in [-0.2, -0.15) is 0 Å². The summed E-state index contributed by atoms with van der Waals surface area (Å²) in [6, 6.07) is 7.04. The second kappa shape index (κ2) is 7.43. The van der Waals surface area contributed by atoms with E-state index in [-0.39, 0.29) is 11.3 Å². The molecule has 20 heavy (non-hydrogen) atoms. The van der Waals surface area contributed by atoms with Gasteiger partial charge in [-0.15, -0.1) is 11.6 Å². The van der Waals surface area contributed by atoms with Gasteiger partial charge in [0.05, 0.1) is 4.90 Å². The molecule has 2 unspecified atom stereocenters. The standard InChI is InChI=1S/C15H24ClNO2S/c1-5-10-17-20(18,19)14-8-6-13(7-9-14)15(11(2)3)12(4)16/h6-9,11-12,15,17H,5,10H2,1-4H3. The Morgan fingerprint density at radius 2 is 1.70 bits per heavy atom. The molecule has 3 nitrogen and oxygen atoms in total. The van der Waals surface area contributed by atoms with Crippen LogP contribution in [-0.4, -0.2) is 20.3 Å². The third-order valence-electron chi connectivity index (χ3n) is 3.33. The lowest BCUT2D eigenvalue weighted by molar-refractivity contribution is 0.490. The molecule has 1 aromatic carbocycles. The summed E-state index contributed by atoms with van der Waals surface area (Å²) in [5.41, 5.74) is 1.08. The van der Waals surface area contributed by atoms with Crippen molar-refractivity contribution in [3.05, 3.63) is 29.8 Å². The van der Waals surface area contributed by atoms with Gasteiger partial charge >= 0.3 is 0 Å². The second-order valence-corrected chi connectivity index (χ2v) is 7.87. The first-order valence-corrected chi connectivity index (χ1v) is 8.95. The lowest BCUT2D eigenvalue weighted by Crippen LogP contribution is -2.24. The summed E-state index contributed by atoms with van der Waals surface area (Å²) in [5, 5.41) is 0.00988. The van der Waals surface area contributed by atoms with Crippen LogP contribution in [0, 0.1) is 5.92 Å². The van der Waals surface area contributed by atoms with Gasteiger partial charge in [-0.25, -0.2) is 13.1 Å². The molecule has 1 rings (SSSR count). The monoisotopic (exact) mass is 317 g/mol. The van der Waals surface area contributed by atoms with E-state index in [4.69, 9.17) is 11.6 Å². The van der Waals surface area contributed by atoms with E-state index < -0.39 is 10.0 Å². The van der Waals surface area contributed by atoms with E-state index in [1.165, 1.54) is 0 Å². The Hall–Kier alpha value is -0.580. The van der Waals surface area contributed by atoms with Crippen molar-refractivity contribution in [1.82, 2.24) is 4.72 Å². The van der Waals surface area contributed by atoms with Crippen LogP contribution >= 0.6 is 11.6 Å². The summed E-state index contributed by atoms with van der Waals surface area (Å²) in [6.45, 7) is 8.60. The highest BCUT2D eigenvalue weighted by Crippen LogP contribution is 2.31. The summed E-state index contributed by atoms with van der Waals surface area (Å²) >= 11 is 6.24. The molecular weight excluding hydrogens is 294 g/mol.